The van der Waals surface area contributed by atoms with Crippen LogP contribution in [0, 0.1) is 11.8 Å². The van der Waals surface area contributed by atoms with Gasteiger partial charge in [0.05, 0.1) is 5.92 Å². The van der Waals surface area contributed by atoms with E-state index in [1.807, 2.05) is 35.2 Å². The van der Waals surface area contributed by atoms with Gasteiger partial charge in [-0.05, 0) is 24.3 Å². The van der Waals surface area contributed by atoms with Crippen molar-refractivity contribution in [1.82, 2.24) is 10.2 Å². The van der Waals surface area contributed by atoms with E-state index in [1.165, 1.54) is 12.8 Å². The van der Waals surface area contributed by atoms with Crippen molar-refractivity contribution in [2.75, 3.05) is 6.54 Å². The Kier molecular flexibility index (Phi) is 4.99. The molecule has 1 aliphatic carbocycles. The lowest BCUT2D eigenvalue weighted by Crippen LogP contribution is -2.41. The minimum Gasteiger partial charge on any atom is -0.353 e. The van der Waals surface area contributed by atoms with Crippen LogP contribution < -0.4 is 5.32 Å². The van der Waals surface area contributed by atoms with Gasteiger partial charge < -0.3 is 10.2 Å². The maximum absolute atomic E-state index is 12.5. The van der Waals surface area contributed by atoms with Crippen molar-refractivity contribution in [3.05, 3.63) is 35.9 Å². The highest BCUT2D eigenvalue weighted by molar-refractivity contribution is 5.89. The Morgan fingerprint density at radius 2 is 2.04 bits per heavy atom. The summed E-state index contributed by atoms with van der Waals surface area (Å²) >= 11 is 0. The van der Waals surface area contributed by atoms with Crippen LogP contribution in [0.25, 0.3) is 0 Å². The molecule has 1 N–H and O–H groups in total. The van der Waals surface area contributed by atoms with Crippen LogP contribution in [0.3, 0.4) is 0 Å². The minimum atomic E-state index is -0.191. The number of benzene rings is 1. The van der Waals surface area contributed by atoms with E-state index >= 15 is 0 Å². The number of hydrogen-bond acceptors (Lipinski definition) is 2. The van der Waals surface area contributed by atoms with Gasteiger partial charge in [-0.25, -0.2) is 0 Å². The Morgan fingerprint density at radius 1 is 1.26 bits per heavy atom. The van der Waals surface area contributed by atoms with E-state index in [0.29, 0.717) is 31.5 Å². The molecule has 0 aromatic heterocycles. The first-order valence-electron chi connectivity index (χ1n) is 8.74. The molecule has 0 bridgehead atoms. The van der Waals surface area contributed by atoms with E-state index in [1.54, 1.807) is 0 Å². The van der Waals surface area contributed by atoms with Crippen LogP contribution >= 0.6 is 0 Å². The number of nitrogens with zero attached hydrogens (tertiary/aromatic N) is 1. The SMILES string of the molecule is CC1CCCC(NC(=O)C2CC(=O)N(Cc3ccccc3)C2)C1. The maximum atomic E-state index is 12.5. The number of likely N-dealkylation sites (tertiary alicyclic amines) is 1. The van der Waals surface area contributed by atoms with Crippen molar-refractivity contribution in [2.24, 2.45) is 11.8 Å². The second kappa shape index (κ2) is 7.16. The summed E-state index contributed by atoms with van der Waals surface area (Å²) in [5, 5.41) is 3.18. The van der Waals surface area contributed by atoms with Gasteiger partial charge in [-0.1, -0.05) is 50.1 Å². The average molecular weight is 314 g/mol. The lowest BCUT2D eigenvalue weighted by atomic mass is 9.87. The van der Waals surface area contributed by atoms with Crippen molar-refractivity contribution in [2.45, 2.75) is 51.6 Å². The molecule has 3 rings (SSSR count). The number of hydrogen-bond donors (Lipinski definition) is 1. The zero-order valence-corrected chi connectivity index (χ0v) is 13.8. The molecule has 3 unspecified atom stereocenters. The molecule has 1 aliphatic heterocycles. The first-order valence-corrected chi connectivity index (χ1v) is 8.74. The highest BCUT2D eigenvalue weighted by Crippen LogP contribution is 2.25. The van der Waals surface area contributed by atoms with E-state index < -0.39 is 0 Å². The van der Waals surface area contributed by atoms with Gasteiger partial charge in [0.25, 0.3) is 0 Å². The van der Waals surface area contributed by atoms with Gasteiger partial charge >= 0.3 is 0 Å². The first kappa shape index (κ1) is 16.0. The Morgan fingerprint density at radius 3 is 2.78 bits per heavy atom. The van der Waals surface area contributed by atoms with E-state index in [2.05, 4.69) is 12.2 Å². The average Bonchev–Trinajstić information content (AvgIpc) is 2.89. The van der Waals surface area contributed by atoms with Crippen molar-refractivity contribution in [3.63, 3.8) is 0 Å². The summed E-state index contributed by atoms with van der Waals surface area (Å²) in [5.74, 6) is 0.649. The summed E-state index contributed by atoms with van der Waals surface area (Å²) < 4.78 is 0. The second-order valence-corrected chi connectivity index (χ2v) is 7.14. The second-order valence-electron chi connectivity index (χ2n) is 7.14. The van der Waals surface area contributed by atoms with Crippen LogP contribution in [0.1, 0.15) is 44.6 Å². The normalized spacial score (nSPS) is 28.0. The van der Waals surface area contributed by atoms with Crippen LogP contribution in [0.15, 0.2) is 30.3 Å². The minimum absolute atomic E-state index is 0.0630. The van der Waals surface area contributed by atoms with Crippen molar-refractivity contribution in [3.8, 4) is 0 Å². The molecule has 23 heavy (non-hydrogen) atoms. The van der Waals surface area contributed by atoms with Crippen molar-refractivity contribution < 1.29 is 9.59 Å². The van der Waals surface area contributed by atoms with Crippen LogP contribution in [0.2, 0.25) is 0 Å². The Labute approximate surface area is 138 Å². The summed E-state index contributed by atoms with van der Waals surface area (Å²) in [4.78, 5) is 26.5. The number of amides is 2. The van der Waals surface area contributed by atoms with Gasteiger partial charge in [-0.3, -0.25) is 9.59 Å². The predicted molar refractivity (Wildman–Crippen MR) is 89.5 cm³/mol. The molecule has 2 fully saturated rings. The van der Waals surface area contributed by atoms with Gasteiger partial charge in [0, 0.05) is 25.6 Å². The molecule has 3 atom stereocenters. The molecule has 4 heteroatoms. The third-order valence-corrected chi connectivity index (χ3v) is 5.08. The van der Waals surface area contributed by atoms with Crippen LogP contribution in [0.5, 0.6) is 0 Å². The largest absolute Gasteiger partial charge is 0.353 e. The number of nitrogens with one attached hydrogen (secondary N) is 1. The number of carbonyl (C=O) groups excluding carboxylic acids is 2. The molecule has 1 aromatic rings. The molecule has 4 nitrogen and oxygen atoms in total. The summed E-state index contributed by atoms with van der Waals surface area (Å²) in [5.41, 5.74) is 1.11. The lowest BCUT2D eigenvalue weighted by molar-refractivity contribution is -0.129. The van der Waals surface area contributed by atoms with Crippen LogP contribution in [-0.2, 0) is 16.1 Å². The van der Waals surface area contributed by atoms with E-state index in [4.69, 9.17) is 0 Å². The lowest BCUT2D eigenvalue weighted by Gasteiger charge is -2.28. The Bertz CT molecular complexity index is 558. The van der Waals surface area contributed by atoms with Gasteiger partial charge in [0.2, 0.25) is 11.8 Å². The zero-order valence-electron chi connectivity index (χ0n) is 13.8. The summed E-state index contributed by atoms with van der Waals surface area (Å²) in [6.45, 7) is 3.39. The molecule has 1 saturated carbocycles. The third kappa shape index (κ3) is 4.12. The molecule has 124 valence electrons. The molecule has 0 radical (unpaired) electrons. The molecular formula is C19H26N2O2. The van der Waals surface area contributed by atoms with Crippen LogP contribution in [0.4, 0.5) is 0 Å². The molecule has 2 aliphatic rings. The number of carbonyl (C=O) groups is 2. The first-order chi connectivity index (χ1) is 11.1. The fourth-order valence-electron chi connectivity index (χ4n) is 3.79. The quantitative estimate of drug-likeness (QED) is 0.929. The standard InChI is InChI=1S/C19H26N2O2/c1-14-6-5-9-17(10-14)20-19(23)16-11-18(22)21(13-16)12-15-7-3-2-4-8-15/h2-4,7-8,14,16-17H,5-6,9-13H2,1H3,(H,20,23). The fourth-order valence-corrected chi connectivity index (χ4v) is 3.79. The molecule has 2 amide bonds. The summed E-state index contributed by atoms with van der Waals surface area (Å²) in [6, 6.07) is 10.3. The predicted octanol–water partition coefficient (Wildman–Crippen LogP) is 2.73. The highest BCUT2D eigenvalue weighted by atomic mass is 16.2. The fraction of sp³-hybridized carbons (Fsp3) is 0.579. The molecule has 1 saturated heterocycles. The highest BCUT2D eigenvalue weighted by Gasteiger charge is 2.35. The van der Waals surface area contributed by atoms with Crippen LogP contribution in [-0.4, -0.2) is 29.3 Å². The Balaban J connectivity index is 1.53. The number of rotatable bonds is 4. The summed E-state index contributed by atoms with van der Waals surface area (Å²) in [6.07, 6.45) is 4.94. The smallest absolute Gasteiger partial charge is 0.225 e. The molecule has 0 spiro atoms. The van der Waals surface area contributed by atoms with E-state index in [9.17, 15) is 9.59 Å². The van der Waals surface area contributed by atoms with Gasteiger partial charge in [0.15, 0.2) is 0 Å². The van der Waals surface area contributed by atoms with Gasteiger partial charge in [0.1, 0.15) is 0 Å². The summed E-state index contributed by atoms with van der Waals surface area (Å²) in [7, 11) is 0. The van der Waals surface area contributed by atoms with Crippen molar-refractivity contribution >= 4 is 11.8 Å². The molecule has 1 aromatic carbocycles. The monoisotopic (exact) mass is 314 g/mol. The van der Waals surface area contributed by atoms with E-state index in [0.717, 1.165) is 18.4 Å². The maximum Gasteiger partial charge on any atom is 0.225 e. The molecule has 1 heterocycles. The van der Waals surface area contributed by atoms with Crippen molar-refractivity contribution in [1.29, 1.82) is 0 Å². The third-order valence-electron chi connectivity index (χ3n) is 5.08. The van der Waals surface area contributed by atoms with Gasteiger partial charge in [-0.2, -0.15) is 0 Å². The molecular weight excluding hydrogens is 288 g/mol. The van der Waals surface area contributed by atoms with E-state index in [-0.39, 0.29) is 17.7 Å². The Hall–Kier alpha value is -1.84. The van der Waals surface area contributed by atoms with Gasteiger partial charge in [-0.15, -0.1) is 0 Å². The topological polar surface area (TPSA) is 49.4 Å². The zero-order chi connectivity index (χ0) is 16.2.